The number of methoxy groups -OCH3 is 1. The van der Waals surface area contributed by atoms with Crippen molar-refractivity contribution in [2.75, 3.05) is 7.11 Å². The summed E-state index contributed by atoms with van der Waals surface area (Å²) in [4.78, 5) is 32.9. The Kier molecular flexibility index (Phi) is 6.00. The van der Waals surface area contributed by atoms with E-state index in [1.54, 1.807) is 6.92 Å². The van der Waals surface area contributed by atoms with Gasteiger partial charge in [0, 0.05) is 12.1 Å². The summed E-state index contributed by atoms with van der Waals surface area (Å²) in [7, 11) is 1.22. The summed E-state index contributed by atoms with van der Waals surface area (Å²) in [5.41, 5.74) is -0.414. The van der Waals surface area contributed by atoms with Crippen molar-refractivity contribution in [1.82, 2.24) is 0 Å². The van der Waals surface area contributed by atoms with Crippen LogP contribution >= 0.6 is 0 Å². The molecule has 22 heavy (non-hydrogen) atoms. The first-order valence-corrected chi connectivity index (χ1v) is 6.52. The van der Waals surface area contributed by atoms with Crippen LogP contribution in [0.5, 0.6) is 5.75 Å². The number of ketones is 1. The van der Waals surface area contributed by atoms with Crippen molar-refractivity contribution in [3.05, 3.63) is 33.4 Å². The Morgan fingerprint density at radius 1 is 1.41 bits per heavy atom. The molecule has 0 saturated heterocycles. The molecule has 1 unspecified atom stereocenters. The summed E-state index contributed by atoms with van der Waals surface area (Å²) in [6.45, 7) is 2.90. The van der Waals surface area contributed by atoms with E-state index in [2.05, 4.69) is 0 Å². The molecule has 0 aliphatic heterocycles. The van der Waals surface area contributed by atoms with Gasteiger partial charge in [0.05, 0.1) is 24.2 Å². The Bertz CT molecular complexity index is 597. The molecule has 1 N–H and O–H groups in total. The van der Waals surface area contributed by atoms with Gasteiger partial charge in [-0.1, -0.05) is 6.92 Å². The molecule has 0 fully saturated rings. The van der Waals surface area contributed by atoms with Crippen LogP contribution in [-0.2, 0) is 16.1 Å². The fourth-order valence-electron chi connectivity index (χ4n) is 1.95. The number of carbonyl (C=O) groups is 2. The Morgan fingerprint density at radius 3 is 2.45 bits per heavy atom. The standard InChI is InChI=1S/C14H17NO7/c1-4-12(8(2)16)22-7-9-5-11(15(19)20)13(21-3)6-10(9)14(17)18/h5-6,12H,4,7H2,1-3H3,(H,17,18). The molecule has 8 nitrogen and oxygen atoms in total. The lowest BCUT2D eigenvalue weighted by Crippen LogP contribution is -2.21. The van der Waals surface area contributed by atoms with E-state index >= 15 is 0 Å². The van der Waals surface area contributed by atoms with Crippen LogP contribution in [0.1, 0.15) is 36.2 Å². The number of carboxylic acids is 1. The molecule has 0 aliphatic rings. The highest BCUT2D eigenvalue weighted by Gasteiger charge is 2.23. The first-order chi connectivity index (χ1) is 10.3. The highest BCUT2D eigenvalue weighted by Crippen LogP contribution is 2.31. The number of nitrogens with zero attached hydrogens (tertiary/aromatic N) is 1. The molecule has 0 bridgehead atoms. The Morgan fingerprint density at radius 2 is 2.05 bits per heavy atom. The summed E-state index contributed by atoms with van der Waals surface area (Å²) in [5.74, 6) is -1.60. The SMILES string of the molecule is CCC(OCc1cc([N+](=O)[O-])c(OC)cc1C(=O)O)C(C)=O. The number of hydrogen-bond acceptors (Lipinski definition) is 6. The zero-order valence-corrected chi connectivity index (χ0v) is 12.5. The van der Waals surface area contributed by atoms with Gasteiger partial charge >= 0.3 is 11.7 Å². The molecule has 0 aromatic heterocycles. The van der Waals surface area contributed by atoms with Crippen molar-refractivity contribution in [1.29, 1.82) is 0 Å². The smallest absolute Gasteiger partial charge is 0.336 e. The van der Waals surface area contributed by atoms with E-state index in [1.165, 1.54) is 14.0 Å². The van der Waals surface area contributed by atoms with Crippen molar-refractivity contribution < 1.29 is 29.1 Å². The van der Waals surface area contributed by atoms with Gasteiger partial charge in [-0.15, -0.1) is 0 Å². The predicted octanol–water partition coefficient (Wildman–Crippen LogP) is 2.19. The van der Waals surface area contributed by atoms with E-state index < -0.39 is 17.0 Å². The average Bonchev–Trinajstić information content (AvgIpc) is 2.46. The molecule has 0 heterocycles. The number of carbonyl (C=O) groups excluding carboxylic acids is 1. The molecule has 0 radical (unpaired) electrons. The van der Waals surface area contributed by atoms with E-state index in [4.69, 9.17) is 9.47 Å². The van der Waals surface area contributed by atoms with Gasteiger partial charge in [0.15, 0.2) is 11.5 Å². The van der Waals surface area contributed by atoms with Crippen LogP contribution in [0.3, 0.4) is 0 Å². The van der Waals surface area contributed by atoms with Crippen molar-refractivity contribution in [3.8, 4) is 5.75 Å². The van der Waals surface area contributed by atoms with Gasteiger partial charge in [0.1, 0.15) is 6.10 Å². The quantitative estimate of drug-likeness (QED) is 0.577. The minimum absolute atomic E-state index is 0.111. The maximum absolute atomic E-state index is 11.3. The minimum atomic E-state index is -1.26. The second-order valence-electron chi connectivity index (χ2n) is 4.56. The normalized spacial score (nSPS) is 11.8. The van der Waals surface area contributed by atoms with Gasteiger partial charge in [0.2, 0.25) is 0 Å². The Hall–Kier alpha value is -2.48. The number of benzene rings is 1. The summed E-state index contributed by atoms with van der Waals surface area (Å²) in [6, 6.07) is 2.17. The monoisotopic (exact) mass is 311 g/mol. The minimum Gasteiger partial charge on any atom is -0.490 e. The largest absolute Gasteiger partial charge is 0.490 e. The van der Waals surface area contributed by atoms with Crippen molar-refractivity contribution in [3.63, 3.8) is 0 Å². The van der Waals surface area contributed by atoms with Gasteiger partial charge in [-0.25, -0.2) is 4.79 Å². The molecule has 0 spiro atoms. The first-order valence-electron chi connectivity index (χ1n) is 6.52. The Balaban J connectivity index is 3.20. The van der Waals surface area contributed by atoms with Crippen LogP contribution in [0.2, 0.25) is 0 Å². The van der Waals surface area contributed by atoms with Gasteiger partial charge in [-0.05, 0) is 18.9 Å². The van der Waals surface area contributed by atoms with Crippen LogP contribution in [0, 0.1) is 10.1 Å². The van der Waals surface area contributed by atoms with E-state index in [9.17, 15) is 24.8 Å². The van der Waals surface area contributed by atoms with Crippen LogP contribution in [-0.4, -0.2) is 35.0 Å². The summed E-state index contributed by atoms with van der Waals surface area (Å²) < 4.78 is 10.2. The predicted molar refractivity (Wildman–Crippen MR) is 76.2 cm³/mol. The molecule has 0 aliphatic carbocycles. The zero-order valence-electron chi connectivity index (χ0n) is 12.5. The number of ether oxygens (including phenoxy) is 2. The van der Waals surface area contributed by atoms with E-state index in [0.717, 1.165) is 12.1 Å². The second-order valence-corrected chi connectivity index (χ2v) is 4.56. The third kappa shape index (κ3) is 4.01. The molecule has 8 heteroatoms. The number of Topliss-reactive ketones (excluding diaryl/α,β-unsaturated/α-hetero) is 1. The highest BCUT2D eigenvalue weighted by molar-refractivity contribution is 5.90. The highest BCUT2D eigenvalue weighted by atomic mass is 16.6. The summed E-state index contributed by atoms with van der Waals surface area (Å²) in [6.07, 6.45) is -0.251. The third-order valence-electron chi connectivity index (χ3n) is 3.10. The summed E-state index contributed by atoms with van der Waals surface area (Å²) >= 11 is 0. The third-order valence-corrected chi connectivity index (χ3v) is 3.10. The number of rotatable bonds is 8. The molecule has 1 aromatic rings. The van der Waals surface area contributed by atoms with E-state index in [0.29, 0.717) is 6.42 Å². The lowest BCUT2D eigenvalue weighted by Gasteiger charge is -2.14. The molecule has 120 valence electrons. The van der Waals surface area contributed by atoms with Gasteiger partial charge in [-0.3, -0.25) is 14.9 Å². The lowest BCUT2D eigenvalue weighted by atomic mass is 10.1. The number of nitro groups is 1. The van der Waals surface area contributed by atoms with Crippen molar-refractivity contribution in [2.45, 2.75) is 33.0 Å². The van der Waals surface area contributed by atoms with Crippen molar-refractivity contribution >= 4 is 17.4 Å². The molecule has 1 atom stereocenters. The number of nitro benzene ring substituents is 1. The number of hydrogen-bond donors (Lipinski definition) is 1. The van der Waals surface area contributed by atoms with Crippen LogP contribution in [0.15, 0.2) is 12.1 Å². The molecule has 0 amide bonds. The maximum Gasteiger partial charge on any atom is 0.336 e. The maximum atomic E-state index is 11.3. The van der Waals surface area contributed by atoms with Crippen LogP contribution < -0.4 is 4.74 Å². The van der Waals surface area contributed by atoms with Gasteiger partial charge in [0.25, 0.3) is 0 Å². The molecule has 1 aromatic carbocycles. The van der Waals surface area contributed by atoms with Crippen LogP contribution in [0.25, 0.3) is 0 Å². The fraction of sp³-hybridized carbons (Fsp3) is 0.429. The molecular formula is C14H17NO7. The number of aromatic carboxylic acids is 1. The van der Waals surface area contributed by atoms with Gasteiger partial charge < -0.3 is 14.6 Å². The van der Waals surface area contributed by atoms with Crippen molar-refractivity contribution in [2.24, 2.45) is 0 Å². The van der Waals surface area contributed by atoms with E-state index in [-0.39, 0.29) is 35.0 Å². The Labute approximate surface area is 126 Å². The zero-order chi connectivity index (χ0) is 16.9. The van der Waals surface area contributed by atoms with Crippen LogP contribution in [0.4, 0.5) is 5.69 Å². The number of carboxylic acid groups (broad SMARTS) is 1. The second kappa shape index (κ2) is 7.51. The molecular weight excluding hydrogens is 294 g/mol. The van der Waals surface area contributed by atoms with Gasteiger partial charge in [-0.2, -0.15) is 0 Å². The topological polar surface area (TPSA) is 116 Å². The van der Waals surface area contributed by atoms with E-state index in [1.807, 2.05) is 0 Å². The average molecular weight is 311 g/mol. The molecule has 0 saturated carbocycles. The fourth-order valence-corrected chi connectivity index (χ4v) is 1.95. The summed E-state index contributed by atoms with van der Waals surface area (Å²) in [5, 5.41) is 20.2. The molecule has 1 rings (SSSR count). The lowest BCUT2D eigenvalue weighted by molar-refractivity contribution is -0.385. The first kappa shape index (κ1) is 17.6.